The van der Waals surface area contributed by atoms with E-state index in [1.807, 2.05) is 0 Å². The van der Waals surface area contributed by atoms with Crippen LogP contribution < -0.4 is 5.48 Å². The fourth-order valence-electron chi connectivity index (χ4n) is 1.17. The van der Waals surface area contributed by atoms with Gasteiger partial charge in [0.05, 0.1) is 0 Å². The second-order valence-electron chi connectivity index (χ2n) is 2.46. The van der Waals surface area contributed by atoms with E-state index in [1.54, 1.807) is 10.4 Å². The predicted octanol–water partition coefficient (Wildman–Crippen LogP) is 0.571. The number of nitrogens with one attached hydrogen (secondary N) is 1. The van der Waals surface area contributed by atoms with Crippen molar-refractivity contribution in [2.24, 2.45) is 0 Å². The minimum atomic E-state index is -0.375. The highest BCUT2D eigenvalue weighted by atomic mass is 16.5. The van der Waals surface area contributed by atoms with E-state index in [0.29, 0.717) is 0 Å². The van der Waals surface area contributed by atoms with Crippen molar-refractivity contribution in [1.82, 2.24) is 10.4 Å². The number of rotatable bonds is 0. The Labute approximate surface area is 59.8 Å². The number of amides is 2. The van der Waals surface area contributed by atoms with Crippen LogP contribution in [-0.4, -0.2) is 29.2 Å². The lowest BCUT2D eigenvalue weighted by Gasteiger charge is -2.25. The summed E-state index contributed by atoms with van der Waals surface area (Å²) in [4.78, 5) is 12.3. The fourth-order valence-corrected chi connectivity index (χ4v) is 1.17. The van der Waals surface area contributed by atoms with Gasteiger partial charge in [-0.3, -0.25) is 5.21 Å². The molecule has 1 saturated heterocycles. The van der Waals surface area contributed by atoms with Gasteiger partial charge in [0.2, 0.25) is 0 Å². The average Bonchev–Trinajstić information content (AvgIpc) is 2.05. The normalized spacial score (nSPS) is 18.7. The van der Waals surface area contributed by atoms with Crippen LogP contribution in [0.1, 0.15) is 19.3 Å². The van der Waals surface area contributed by atoms with Crippen LogP contribution in [0.2, 0.25) is 0 Å². The number of carbonyl (C=O) groups is 1. The molecule has 2 amide bonds. The molecule has 10 heavy (non-hydrogen) atoms. The minimum Gasteiger partial charge on any atom is -0.323 e. The van der Waals surface area contributed by atoms with Crippen LogP contribution >= 0.6 is 0 Å². The maximum absolute atomic E-state index is 10.7. The van der Waals surface area contributed by atoms with Gasteiger partial charge in [-0.05, 0) is 19.3 Å². The van der Waals surface area contributed by atoms with E-state index in [9.17, 15) is 4.79 Å². The maximum atomic E-state index is 10.7. The monoisotopic (exact) mass is 144 g/mol. The van der Waals surface area contributed by atoms with Crippen molar-refractivity contribution in [1.29, 1.82) is 0 Å². The van der Waals surface area contributed by atoms with Gasteiger partial charge in [-0.1, -0.05) is 0 Å². The Kier molecular flexibility index (Phi) is 2.50. The van der Waals surface area contributed by atoms with Crippen molar-refractivity contribution >= 4 is 6.03 Å². The summed E-state index contributed by atoms with van der Waals surface area (Å²) in [6, 6.07) is -0.375. The highest BCUT2D eigenvalue weighted by Crippen LogP contribution is 2.07. The Morgan fingerprint density at radius 3 is 2.40 bits per heavy atom. The van der Waals surface area contributed by atoms with Crippen LogP contribution in [0.15, 0.2) is 0 Å². The van der Waals surface area contributed by atoms with Gasteiger partial charge in [0.15, 0.2) is 0 Å². The first-order valence-electron chi connectivity index (χ1n) is 3.53. The summed E-state index contributed by atoms with van der Waals surface area (Å²) < 4.78 is 0. The molecular formula is C6H12N2O2. The van der Waals surface area contributed by atoms with Gasteiger partial charge >= 0.3 is 6.03 Å². The van der Waals surface area contributed by atoms with E-state index in [-0.39, 0.29) is 6.03 Å². The number of urea groups is 1. The quantitative estimate of drug-likeness (QED) is 0.386. The van der Waals surface area contributed by atoms with Crippen LogP contribution in [0, 0.1) is 0 Å². The number of piperidine rings is 1. The molecule has 1 aliphatic heterocycles. The predicted molar refractivity (Wildman–Crippen MR) is 35.7 cm³/mol. The molecule has 0 aromatic heterocycles. The first-order valence-corrected chi connectivity index (χ1v) is 3.53. The average molecular weight is 144 g/mol. The summed E-state index contributed by atoms with van der Waals surface area (Å²) in [6.45, 7) is 1.54. The van der Waals surface area contributed by atoms with Crippen molar-refractivity contribution in [3.05, 3.63) is 0 Å². The zero-order valence-electron chi connectivity index (χ0n) is 5.84. The third-order valence-corrected chi connectivity index (χ3v) is 1.74. The van der Waals surface area contributed by atoms with Crippen LogP contribution in [0.25, 0.3) is 0 Å². The van der Waals surface area contributed by atoms with Crippen molar-refractivity contribution in [2.75, 3.05) is 13.1 Å². The van der Waals surface area contributed by atoms with E-state index < -0.39 is 0 Å². The molecule has 4 nitrogen and oxygen atoms in total. The second-order valence-corrected chi connectivity index (χ2v) is 2.46. The molecule has 1 aliphatic rings. The number of hydrogen-bond donors (Lipinski definition) is 2. The lowest BCUT2D eigenvalue weighted by molar-refractivity contribution is 0.123. The van der Waals surface area contributed by atoms with E-state index in [1.165, 1.54) is 6.42 Å². The molecule has 0 saturated carbocycles. The Bertz CT molecular complexity index is 121. The number of carbonyl (C=O) groups excluding carboxylic acids is 1. The highest BCUT2D eigenvalue weighted by Gasteiger charge is 2.14. The van der Waals surface area contributed by atoms with Crippen molar-refractivity contribution in [3.63, 3.8) is 0 Å². The van der Waals surface area contributed by atoms with Gasteiger partial charge in [-0.2, -0.15) is 0 Å². The third-order valence-electron chi connectivity index (χ3n) is 1.74. The van der Waals surface area contributed by atoms with Gasteiger partial charge in [0.1, 0.15) is 0 Å². The van der Waals surface area contributed by atoms with Crippen LogP contribution in [-0.2, 0) is 0 Å². The first kappa shape index (κ1) is 7.34. The lowest BCUT2D eigenvalue weighted by Crippen LogP contribution is -2.41. The number of hydroxylamine groups is 1. The number of likely N-dealkylation sites (tertiary alicyclic amines) is 1. The number of nitrogens with zero attached hydrogens (tertiary/aromatic N) is 1. The van der Waals surface area contributed by atoms with Gasteiger partial charge in [-0.15, -0.1) is 0 Å². The van der Waals surface area contributed by atoms with Crippen LogP contribution in [0.5, 0.6) is 0 Å². The molecule has 2 N–H and O–H groups in total. The SMILES string of the molecule is O=C(NO)N1CCCCC1. The van der Waals surface area contributed by atoms with Crippen molar-refractivity contribution in [3.8, 4) is 0 Å². The lowest BCUT2D eigenvalue weighted by atomic mass is 10.1. The molecule has 1 fully saturated rings. The third kappa shape index (κ3) is 1.60. The molecule has 4 heteroatoms. The van der Waals surface area contributed by atoms with Gasteiger partial charge < -0.3 is 4.90 Å². The summed E-state index contributed by atoms with van der Waals surface area (Å²) in [6.07, 6.45) is 3.29. The Hall–Kier alpha value is -0.770. The van der Waals surface area contributed by atoms with E-state index in [4.69, 9.17) is 5.21 Å². The Morgan fingerprint density at radius 1 is 1.30 bits per heavy atom. The second kappa shape index (κ2) is 3.41. The molecule has 0 radical (unpaired) electrons. The molecule has 0 unspecified atom stereocenters. The molecule has 0 aromatic carbocycles. The fraction of sp³-hybridized carbons (Fsp3) is 0.833. The van der Waals surface area contributed by atoms with Gasteiger partial charge in [0, 0.05) is 13.1 Å². The topological polar surface area (TPSA) is 52.6 Å². The van der Waals surface area contributed by atoms with Gasteiger partial charge in [-0.25, -0.2) is 10.3 Å². The van der Waals surface area contributed by atoms with Gasteiger partial charge in [0.25, 0.3) is 0 Å². The standard InChI is InChI=1S/C6H12N2O2/c9-6(7-10)8-4-2-1-3-5-8/h10H,1-5H2,(H,7,9). The maximum Gasteiger partial charge on any atom is 0.341 e. The summed E-state index contributed by atoms with van der Waals surface area (Å²) in [5, 5.41) is 8.25. The Balaban J connectivity index is 2.31. The zero-order chi connectivity index (χ0) is 7.40. The van der Waals surface area contributed by atoms with Crippen molar-refractivity contribution in [2.45, 2.75) is 19.3 Å². The molecule has 0 spiro atoms. The Morgan fingerprint density at radius 2 is 1.90 bits per heavy atom. The molecule has 1 rings (SSSR count). The summed E-state index contributed by atoms with van der Waals surface area (Å²) in [5.41, 5.74) is 1.62. The molecule has 0 aliphatic carbocycles. The number of hydrogen-bond acceptors (Lipinski definition) is 2. The molecule has 0 aromatic rings. The van der Waals surface area contributed by atoms with E-state index in [0.717, 1.165) is 25.9 Å². The summed E-state index contributed by atoms with van der Waals surface area (Å²) in [7, 11) is 0. The summed E-state index contributed by atoms with van der Waals surface area (Å²) in [5.74, 6) is 0. The largest absolute Gasteiger partial charge is 0.341 e. The minimum absolute atomic E-state index is 0.375. The molecule has 0 atom stereocenters. The highest BCUT2D eigenvalue weighted by molar-refractivity contribution is 5.72. The smallest absolute Gasteiger partial charge is 0.323 e. The van der Waals surface area contributed by atoms with Crippen LogP contribution in [0.3, 0.4) is 0 Å². The summed E-state index contributed by atoms with van der Waals surface area (Å²) >= 11 is 0. The van der Waals surface area contributed by atoms with Crippen molar-refractivity contribution < 1.29 is 10.0 Å². The molecule has 1 heterocycles. The molecule has 58 valence electrons. The first-order chi connectivity index (χ1) is 4.84. The zero-order valence-corrected chi connectivity index (χ0v) is 5.84. The van der Waals surface area contributed by atoms with E-state index >= 15 is 0 Å². The molecular weight excluding hydrogens is 132 g/mol. The molecule has 0 bridgehead atoms. The van der Waals surface area contributed by atoms with E-state index in [2.05, 4.69) is 0 Å². The van der Waals surface area contributed by atoms with Crippen LogP contribution in [0.4, 0.5) is 4.79 Å².